The third-order valence-electron chi connectivity index (χ3n) is 3.14. The van der Waals surface area contributed by atoms with Crippen LogP contribution in [0.4, 0.5) is 4.79 Å². The molecule has 4 heteroatoms. The SMILES string of the molecule is CC(C)N1C(=O)OCC12CCCNC2. The highest BCUT2D eigenvalue weighted by molar-refractivity contribution is 5.71. The van der Waals surface area contributed by atoms with Gasteiger partial charge in [-0.1, -0.05) is 0 Å². The molecule has 2 aliphatic rings. The van der Waals surface area contributed by atoms with Crippen LogP contribution in [0, 0.1) is 0 Å². The van der Waals surface area contributed by atoms with Gasteiger partial charge in [0.2, 0.25) is 0 Å². The van der Waals surface area contributed by atoms with Crippen LogP contribution in [0.5, 0.6) is 0 Å². The molecule has 0 radical (unpaired) electrons. The van der Waals surface area contributed by atoms with Crippen molar-refractivity contribution in [3.05, 3.63) is 0 Å². The van der Waals surface area contributed by atoms with E-state index in [1.165, 1.54) is 0 Å². The Bertz CT molecular complexity index is 234. The summed E-state index contributed by atoms with van der Waals surface area (Å²) in [5.74, 6) is 0. The number of rotatable bonds is 1. The number of nitrogens with zero attached hydrogens (tertiary/aromatic N) is 1. The molecule has 2 fully saturated rings. The Morgan fingerprint density at radius 3 is 2.93 bits per heavy atom. The number of amides is 1. The summed E-state index contributed by atoms with van der Waals surface area (Å²) >= 11 is 0. The minimum Gasteiger partial charge on any atom is -0.447 e. The highest BCUT2D eigenvalue weighted by Crippen LogP contribution is 2.32. The summed E-state index contributed by atoms with van der Waals surface area (Å²) in [4.78, 5) is 13.5. The zero-order chi connectivity index (χ0) is 10.2. The summed E-state index contributed by atoms with van der Waals surface area (Å²) in [5.41, 5.74) is -0.0660. The number of hydrogen-bond acceptors (Lipinski definition) is 3. The molecule has 1 N–H and O–H groups in total. The van der Waals surface area contributed by atoms with Crippen molar-refractivity contribution >= 4 is 6.09 Å². The Morgan fingerprint density at radius 2 is 2.36 bits per heavy atom. The van der Waals surface area contributed by atoms with Gasteiger partial charge in [-0.3, -0.25) is 4.90 Å². The van der Waals surface area contributed by atoms with Crippen LogP contribution < -0.4 is 5.32 Å². The molecule has 80 valence electrons. The van der Waals surface area contributed by atoms with E-state index >= 15 is 0 Å². The highest BCUT2D eigenvalue weighted by atomic mass is 16.6. The lowest BCUT2D eigenvalue weighted by atomic mass is 9.89. The maximum Gasteiger partial charge on any atom is 0.410 e. The molecule has 2 saturated heterocycles. The molecule has 0 saturated carbocycles. The average Bonchev–Trinajstić information content (AvgIpc) is 2.45. The minimum absolute atomic E-state index is 0.0660. The van der Waals surface area contributed by atoms with E-state index in [0.29, 0.717) is 6.61 Å². The quantitative estimate of drug-likeness (QED) is 0.682. The maximum absolute atomic E-state index is 11.6. The van der Waals surface area contributed by atoms with Gasteiger partial charge in [0.25, 0.3) is 0 Å². The fourth-order valence-corrected chi connectivity index (χ4v) is 2.57. The summed E-state index contributed by atoms with van der Waals surface area (Å²) in [7, 11) is 0. The van der Waals surface area contributed by atoms with Crippen molar-refractivity contribution in [3.63, 3.8) is 0 Å². The molecule has 0 aromatic heterocycles. The topological polar surface area (TPSA) is 41.6 Å². The van der Waals surface area contributed by atoms with Gasteiger partial charge in [-0.05, 0) is 33.2 Å². The third kappa shape index (κ3) is 1.38. The summed E-state index contributed by atoms with van der Waals surface area (Å²) in [6.07, 6.45) is 2.03. The van der Waals surface area contributed by atoms with Gasteiger partial charge >= 0.3 is 6.09 Å². The van der Waals surface area contributed by atoms with Gasteiger partial charge in [0.1, 0.15) is 6.61 Å². The molecular formula is C10H18N2O2. The first kappa shape index (κ1) is 9.77. The number of carbonyl (C=O) groups excluding carboxylic acids is 1. The number of cyclic esters (lactones) is 1. The zero-order valence-corrected chi connectivity index (χ0v) is 8.88. The lowest BCUT2D eigenvalue weighted by molar-refractivity contribution is 0.105. The number of hydrogen-bond donors (Lipinski definition) is 1. The summed E-state index contributed by atoms with van der Waals surface area (Å²) in [5, 5.41) is 3.35. The smallest absolute Gasteiger partial charge is 0.410 e. The standard InChI is InChI=1S/C10H18N2O2/c1-8(2)12-9(13)14-7-10(12)4-3-5-11-6-10/h8,11H,3-7H2,1-2H3. The first-order valence-electron chi connectivity index (χ1n) is 5.32. The predicted octanol–water partition coefficient (Wildman–Crippen LogP) is 0.969. The molecule has 2 heterocycles. The largest absolute Gasteiger partial charge is 0.447 e. The lowest BCUT2D eigenvalue weighted by Crippen LogP contribution is -2.58. The fraction of sp³-hybridized carbons (Fsp3) is 0.900. The van der Waals surface area contributed by atoms with E-state index in [4.69, 9.17) is 4.74 Å². The van der Waals surface area contributed by atoms with Crippen LogP contribution in [0.15, 0.2) is 0 Å². The van der Waals surface area contributed by atoms with Crippen molar-refractivity contribution in [2.24, 2.45) is 0 Å². The van der Waals surface area contributed by atoms with Crippen molar-refractivity contribution in [3.8, 4) is 0 Å². The van der Waals surface area contributed by atoms with Gasteiger partial charge in [0.05, 0.1) is 5.54 Å². The van der Waals surface area contributed by atoms with Gasteiger partial charge in [-0.25, -0.2) is 4.79 Å². The van der Waals surface area contributed by atoms with E-state index in [1.807, 2.05) is 18.7 Å². The van der Waals surface area contributed by atoms with Crippen LogP contribution in [0.3, 0.4) is 0 Å². The van der Waals surface area contributed by atoms with Gasteiger partial charge in [0.15, 0.2) is 0 Å². The first-order chi connectivity index (χ1) is 6.66. The van der Waals surface area contributed by atoms with Gasteiger partial charge < -0.3 is 10.1 Å². The van der Waals surface area contributed by atoms with Crippen LogP contribution >= 0.6 is 0 Å². The highest BCUT2D eigenvalue weighted by Gasteiger charge is 2.48. The van der Waals surface area contributed by atoms with E-state index in [-0.39, 0.29) is 17.7 Å². The molecule has 1 spiro atoms. The van der Waals surface area contributed by atoms with E-state index in [0.717, 1.165) is 25.9 Å². The zero-order valence-electron chi connectivity index (χ0n) is 8.88. The second-order valence-electron chi connectivity index (χ2n) is 4.52. The van der Waals surface area contributed by atoms with Gasteiger partial charge in [-0.2, -0.15) is 0 Å². The maximum atomic E-state index is 11.6. The molecule has 0 aromatic rings. The second-order valence-corrected chi connectivity index (χ2v) is 4.52. The molecule has 1 unspecified atom stereocenters. The molecule has 1 atom stereocenters. The summed E-state index contributed by atoms with van der Waals surface area (Å²) < 4.78 is 5.17. The number of ether oxygens (including phenoxy) is 1. The Morgan fingerprint density at radius 1 is 1.57 bits per heavy atom. The van der Waals surface area contributed by atoms with Crippen molar-refractivity contribution in [1.82, 2.24) is 10.2 Å². The first-order valence-corrected chi connectivity index (χ1v) is 5.32. The molecule has 2 rings (SSSR count). The fourth-order valence-electron chi connectivity index (χ4n) is 2.57. The van der Waals surface area contributed by atoms with E-state index in [2.05, 4.69) is 5.32 Å². The Kier molecular flexibility index (Phi) is 2.39. The minimum atomic E-state index is -0.149. The van der Waals surface area contributed by atoms with Gasteiger partial charge in [-0.15, -0.1) is 0 Å². The van der Waals surface area contributed by atoms with Crippen LogP contribution in [0.25, 0.3) is 0 Å². The molecule has 1 amide bonds. The Hall–Kier alpha value is -0.770. The number of nitrogens with one attached hydrogen (secondary N) is 1. The molecule has 0 aliphatic carbocycles. The summed E-state index contributed by atoms with van der Waals surface area (Å²) in [6, 6.07) is 0.227. The lowest BCUT2D eigenvalue weighted by Gasteiger charge is -2.40. The molecule has 0 bridgehead atoms. The number of carbonyl (C=O) groups is 1. The third-order valence-corrected chi connectivity index (χ3v) is 3.14. The van der Waals surface area contributed by atoms with Crippen molar-refractivity contribution in [2.75, 3.05) is 19.7 Å². The monoisotopic (exact) mass is 198 g/mol. The van der Waals surface area contributed by atoms with Gasteiger partial charge in [0, 0.05) is 12.6 Å². The van der Waals surface area contributed by atoms with Crippen molar-refractivity contribution < 1.29 is 9.53 Å². The normalized spacial score (nSPS) is 32.8. The second kappa shape index (κ2) is 3.42. The van der Waals surface area contributed by atoms with Crippen LogP contribution in [0.2, 0.25) is 0 Å². The Labute approximate surface area is 84.6 Å². The van der Waals surface area contributed by atoms with Crippen LogP contribution in [-0.2, 0) is 4.74 Å². The van der Waals surface area contributed by atoms with E-state index < -0.39 is 0 Å². The van der Waals surface area contributed by atoms with E-state index in [1.54, 1.807) is 0 Å². The van der Waals surface area contributed by atoms with Crippen molar-refractivity contribution in [2.45, 2.75) is 38.3 Å². The average molecular weight is 198 g/mol. The summed E-state index contributed by atoms with van der Waals surface area (Å²) in [6.45, 7) is 6.57. The van der Waals surface area contributed by atoms with Crippen LogP contribution in [-0.4, -0.2) is 42.3 Å². The predicted molar refractivity (Wildman–Crippen MR) is 53.2 cm³/mol. The number of piperidine rings is 1. The van der Waals surface area contributed by atoms with E-state index in [9.17, 15) is 4.79 Å². The molecule has 0 aromatic carbocycles. The van der Waals surface area contributed by atoms with Crippen LogP contribution in [0.1, 0.15) is 26.7 Å². The van der Waals surface area contributed by atoms with Crippen molar-refractivity contribution in [1.29, 1.82) is 0 Å². The Balaban J connectivity index is 2.20. The molecule has 14 heavy (non-hydrogen) atoms. The molecule has 4 nitrogen and oxygen atoms in total. The molecular weight excluding hydrogens is 180 g/mol. The molecule has 2 aliphatic heterocycles.